The molecule has 2 N–H and O–H groups in total. The van der Waals surface area contributed by atoms with Crippen molar-refractivity contribution in [2.75, 3.05) is 13.1 Å². The fourth-order valence-corrected chi connectivity index (χ4v) is 2.91. The molecule has 0 heterocycles. The van der Waals surface area contributed by atoms with Crippen molar-refractivity contribution in [3.05, 3.63) is 28.2 Å². The summed E-state index contributed by atoms with van der Waals surface area (Å²) in [6.45, 7) is 2.26. The number of sulfonamides is 1. The van der Waals surface area contributed by atoms with Crippen molar-refractivity contribution in [1.82, 2.24) is 10.0 Å². The molecule has 20 heavy (non-hydrogen) atoms. The third kappa shape index (κ3) is 5.66. The van der Waals surface area contributed by atoms with E-state index in [0.717, 1.165) is 0 Å². The number of amides is 1. The highest BCUT2D eigenvalue weighted by Crippen LogP contribution is 2.24. The van der Waals surface area contributed by atoms with Gasteiger partial charge in [-0.15, -0.1) is 0 Å². The SMILES string of the molecule is CC(=O)NCCCCNS(=O)(=O)c1ccc(Cl)c(Cl)c1. The highest BCUT2D eigenvalue weighted by atomic mass is 35.5. The molecule has 1 rings (SSSR count). The van der Waals surface area contributed by atoms with E-state index in [9.17, 15) is 13.2 Å². The van der Waals surface area contributed by atoms with Crippen molar-refractivity contribution in [2.24, 2.45) is 0 Å². The van der Waals surface area contributed by atoms with Crippen LogP contribution in [0.15, 0.2) is 23.1 Å². The van der Waals surface area contributed by atoms with Gasteiger partial charge in [-0.2, -0.15) is 0 Å². The molecule has 0 saturated carbocycles. The quantitative estimate of drug-likeness (QED) is 0.748. The first kappa shape index (κ1) is 17.2. The Morgan fingerprint density at radius 3 is 2.40 bits per heavy atom. The van der Waals surface area contributed by atoms with E-state index in [1.165, 1.54) is 25.1 Å². The molecule has 1 amide bonds. The van der Waals surface area contributed by atoms with E-state index in [4.69, 9.17) is 23.2 Å². The maximum absolute atomic E-state index is 12.0. The van der Waals surface area contributed by atoms with Gasteiger partial charge < -0.3 is 5.32 Å². The first-order valence-corrected chi connectivity index (χ1v) is 8.26. The van der Waals surface area contributed by atoms with Gasteiger partial charge in [0.2, 0.25) is 15.9 Å². The lowest BCUT2D eigenvalue weighted by atomic mass is 10.3. The van der Waals surface area contributed by atoms with Gasteiger partial charge in [0.25, 0.3) is 0 Å². The average Bonchev–Trinajstić information content (AvgIpc) is 2.36. The largest absolute Gasteiger partial charge is 0.356 e. The standard InChI is InChI=1S/C12H16Cl2N2O3S/c1-9(17)15-6-2-3-7-16-20(18,19)10-4-5-11(13)12(14)8-10/h4-5,8,16H,2-3,6-7H2,1H3,(H,15,17). The summed E-state index contributed by atoms with van der Waals surface area (Å²) in [5.41, 5.74) is 0. The van der Waals surface area contributed by atoms with Crippen LogP contribution in [0, 0.1) is 0 Å². The lowest BCUT2D eigenvalue weighted by Crippen LogP contribution is -2.26. The summed E-state index contributed by atoms with van der Waals surface area (Å²) in [5.74, 6) is -0.0959. The van der Waals surface area contributed by atoms with E-state index in [1.807, 2.05) is 0 Å². The van der Waals surface area contributed by atoms with Crippen LogP contribution < -0.4 is 10.0 Å². The molecule has 0 aliphatic carbocycles. The molecule has 112 valence electrons. The topological polar surface area (TPSA) is 75.3 Å². The molecule has 0 aliphatic rings. The molecule has 5 nitrogen and oxygen atoms in total. The molecule has 1 aromatic carbocycles. The molecule has 0 fully saturated rings. The van der Waals surface area contributed by atoms with Crippen LogP contribution in [0.3, 0.4) is 0 Å². The Morgan fingerprint density at radius 1 is 1.15 bits per heavy atom. The molecule has 0 aliphatic heterocycles. The number of unbranched alkanes of at least 4 members (excludes halogenated alkanes) is 1. The average molecular weight is 339 g/mol. The van der Waals surface area contributed by atoms with Crippen molar-refractivity contribution >= 4 is 39.1 Å². The molecule has 0 radical (unpaired) electrons. The Kier molecular flexibility index (Phi) is 6.75. The second-order valence-electron chi connectivity index (χ2n) is 4.16. The highest BCUT2D eigenvalue weighted by molar-refractivity contribution is 7.89. The molecule has 0 unspecified atom stereocenters. The summed E-state index contributed by atoms with van der Waals surface area (Å²) < 4.78 is 26.4. The van der Waals surface area contributed by atoms with Crippen LogP contribution in [0.2, 0.25) is 10.0 Å². The normalized spacial score (nSPS) is 11.3. The van der Waals surface area contributed by atoms with Gasteiger partial charge in [0, 0.05) is 20.0 Å². The van der Waals surface area contributed by atoms with Crippen molar-refractivity contribution in [2.45, 2.75) is 24.7 Å². The van der Waals surface area contributed by atoms with E-state index in [-0.39, 0.29) is 15.8 Å². The Labute approximate surface area is 128 Å². The van der Waals surface area contributed by atoms with Gasteiger partial charge in [-0.25, -0.2) is 13.1 Å². The van der Waals surface area contributed by atoms with E-state index in [0.29, 0.717) is 31.0 Å². The monoisotopic (exact) mass is 338 g/mol. The summed E-state index contributed by atoms with van der Waals surface area (Å²) in [6, 6.07) is 4.15. The third-order valence-corrected chi connectivity index (χ3v) is 4.67. The summed E-state index contributed by atoms with van der Waals surface area (Å²) in [5, 5.41) is 3.14. The lowest BCUT2D eigenvalue weighted by Gasteiger charge is -2.07. The number of carbonyl (C=O) groups excluding carboxylic acids is 1. The third-order valence-electron chi connectivity index (χ3n) is 2.47. The molecule has 1 aromatic rings. The molecule has 0 spiro atoms. The van der Waals surface area contributed by atoms with Crippen LogP contribution in [-0.4, -0.2) is 27.4 Å². The number of nitrogens with one attached hydrogen (secondary N) is 2. The molecule has 0 atom stereocenters. The van der Waals surface area contributed by atoms with Crippen LogP contribution in [0.1, 0.15) is 19.8 Å². The number of hydrogen-bond donors (Lipinski definition) is 2. The minimum atomic E-state index is -3.58. The Morgan fingerprint density at radius 2 is 1.80 bits per heavy atom. The molecule has 0 bridgehead atoms. The van der Waals surface area contributed by atoms with Gasteiger partial charge in [0.1, 0.15) is 0 Å². The Balaban J connectivity index is 2.45. The van der Waals surface area contributed by atoms with E-state index >= 15 is 0 Å². The van der Waals surface area contributed by atoms with Crippen LogP contribution in [0.5, 0.6) is 0 Å². The van der Waals surface area contributed by atoms with Crippen LogP contribution >= 0.6 is 23.2 Å². The van der Waals surface area contributed by atoms with E-state index in [1.54, 1.807) is 0 Å². The number of rotatable bonds is 7. The van der Waals surface area contributed by atoms with E-state index < -0.39 is 10.0 Å². The fourth-order valence-electron chi connectivity index (χ4n) is 1.45. The fraction of sp³-hybridized carbons (Fsp3) is 0.417. The van der Waals surface area contributed by atoms with Gasteiger partial charge in [-0.05, 0) is 31.0 Å². The van der Waals surface area contributed by atoms with Crippen LogP contribution in [0.4, 0.5) is 0 Å². The first-order chi connectivity index (χ1) is 9.33. The highest BCUT2D eigenvalue weighted by Gasteiger charge is 2.14. The van der Waals surface area contributed by atoms with Gasteiger partial charge >= 0.3 is 0 Å². The lowest BCUT2D eigenvalue weighted by molar-refractivity contribution is -0.118. The van der Waals surface area contributed by atoms with Crippen LogP contribution in [-0.2, 0) is 14.8 Å². The number of benzene rings is 1. The van der Waals surface area contributed by atoms with Crippen molar-refractivity contribution in [3.63, 3.8) is 0 Å². The minimum Gasteiger partial charge on any atom is -0.356 e. The zero-order chi connectivity index (χ0) is 15.2. The second-order valence-corrected chi connectivity index (χ2v) is 6.75. The summed E-state index contributed by atoms with van der Waals surface area (Å²) >= 11 is 11.5. The number of hydrogen-bond acceptors (Lipinski definition) is 3. The molecule has 0 saturated heterocycles. The predicted molar refractivity (Wildman–Crippen MR) is 79.6 cm³/mol. The summed E-state index contributed by atoms with van der Waals surface area (Å²) in [6.07, 6.45) is 1.32. The molecular weight excluding hydrogens is 323 g/mol. The smallest absolute Gasteiger partial charge is 0.240 e. The molecular formula is C12H16Cl2N2O3S. The van der Waals surface area contributed by atoms with Gasteiger partial charge in [0.05, 0.1) is 14.9 Å². The maximum Gasteiger partial charge on any atom is 0.240 e. The second kappa shape index (κ2) is 7.83. The summed E-state index contributed by atoms with van der Waals surface area (Å²) in [7, 11) is -3.58. The Hall–Kier alpha value is -0.820. The summed E-state index contributed by atoms with van der Waals surface area (Å²) in [4.78, 5) is 10.7. The predicted octanol–water partition coefficient (Wildman–Crippen LogP) is 2.19. The van der Waals surface area contributed by atoms with Crippen molar-refractivity contribution in [1.29, 1.82) is 0 Å². The van der Waals surface area contributed by atoms with Crippen LogP contribution in [0.25, 0.3) is 0 Å². The van der Waals surface area contributed by atoms with Gasteiger partial charge in [-0.3, -0.25) is 4.79 Å². The first-order valence-electron chi connectivity index (χ1n) is 6.02. The van der Waals surface area contributed by atoms with Gasteiger partial charge in [-0.1, -0.05) is 23.2 Å². The Bertz CT molecular complexity index is 576. The molecule has 8 heteroatoms. The number of halogens is 2. The molecule has 0 aromatic heterocycles. The van der Waals surface area contributed by atoms with E-state index in [2.05, 4.69) is 10.0 Å². The van der Waals surface area contributed by atoms with Crippen molar-refractivity contribution < 1.29 is 13.2 Å². The zero-order valence-corrected chi connectivity index (χ0v) is 13.3. The minimum absolute atomic E-state index is 0.0776. The maximum atomic E-state index is 12.0. The van der Waals surface area contributed by atoms with Crippen molar-refractivity contribution in [3.8, 4) is 0 Å². The zero-order valence-electron chi connectivity index (χ0n) is 10.9. The van der Waals surface area contributed by atoms with Gasteiger partial charge in [0.15, 0.2) is 0 Å². The number of carbonyl (C=O) groups is 1.